The minimum absolute atomic E-state index is 0.130. The van der Waals surface area contributed by atoms with Crippen molar-refractivity contribution in [3.05, 3.63) is 65.7 Å². The highest BCUT2D eigenvalue weighted by Gasteiger charge is 2.44. The summed E-state index contributed by atoms with van der Waals surface area (Å²) in [6.45, 7) is 7.88. The van der Waals surface area contributed by atoms with Gasteiger partial charge in [0.1, 0.15) is 12.6 Å². The number of aryl methyl sites for hydroxylation is 1. The first-order chi connectivity index (χ1) is 12.5. The van der Waals surface area contributed by atoms with Crippen LogP contribution in [0, 0.1) is 6.92 Å². The Hall–Kier alpha value is -2.66. The van der Waals surface area contributed by atoms with Gasteiger partial charge in [-0.2, -0.15) is 0 Å². The van der Waals surface area contributed by atoms with Crippen molar-refractivity contribution in [1.82, 2.24) is 4.90 Å². The maximum atomic E-state index is 12.9. The van der Waals surface area contributed by atoms with Crippen molar-refractivity contribution >= 4 is 17.6 Å². The maximum absolute atomic E-state index is 12.9. The molecule has 5 heteroatoms. The summed E-state index contributed by atoms with van der Waals surface area (Å²) in [6.07, 6.45) is 0. The Bertz CT molecular complexity index is 774. The van der Waals surface area contributed by atoms with Crippen LogP contribution in [0.1, 0.15) is 25.0 Å². The van der Waals surface area contributed by atoms with Crippen molar-refractivity contribution in [2.24, 2.45) is 0 Å². The van der Waals surface area contributed by atoms with Crippen LogP contribution in [0.15, 0.2) is 54.6 Å². The molecule has 0 aromatic heterocycles. The van der Waals surface area contributed by atoms with E-state index in [1.54, 1.807) is 11.8 Å². The van der Waals surface area contributed by atoms with E-state index in [0.717, 1.165) is 24.3 Å². The van der Waals surface area contributed by atoms with E-state index in [2.05, 4.69) is 19.1 Å². The van der Waals surface area contributed by atoms with Gasteiger partial charge in [0.2, 0.25) is 0 Å². The van der Waals surface area contributed by atoms with Gasteiger partial charge in [0.25, 0.3) is 5.91 Å². The molecule has 3 rings (SSSR count). The van der Waals surface area contributed by atoms with E-state index >= 15 is 0 Å². The lowest BCUT2D eigenvalue weighted by molar-refractivity contribution is -0.919. The molecule has 1 saturated heterocycles. The average molecular weight is 352 g/mol. The molecule has 1 unspecified atom stereocenters. The van der Waals surface area contributed by atoms with Gasteiger partial charge < -0.3 is 4.90 Å². The fourth-order valence-electron chi connectivity index (χ4n) is 3.31. The van der Waals surface area contributed by atoms with E-state index in [1.807, 2.05) is 49.4 Å². The van der Waals surface area contributed by atoms with Gasteiger partial charge in [0.15, 0.2) is 6.67 Å². The predicted octanol–water partition coefficient (Wildman–Crippen LogP) is 2.21. The number of nitrogens with one attached hydrogen (secondary N) is 1. The highest BCUT2D eigenvalue weighted by molar-refractivity contribution is 6.13. The topological polar surface area (TPSA) is 45.1 Å². The van der Waals surface area contributed by atoms with Crippen molar-refractivity contribution in [3.63, 3.8) is 0 Å². The van der Waals surface area contributed by atoms with Crippen molar-refractivity contribution in [3.8, 4) is 0 Å². The summed E-state index contributed by atoms with van der Waals surface area (Å²) in [5.41, 5.74) is 3.10. The first-order valence-electron chi connectivity index (χ1n) is 9.10. The number of quaternary nitrogens is 1. The summed E-state index contributed by atoms with van der Waals surface area (Å²) in [5, 5.41) is 0. The van der Waals surface area contributed by atoms with Crippen LogP contribution in [0.4, 0.5) is 10.5 Å². The molecule has 0 spiro atoms. The third-order valence-corrected chi connectivity index (χ3v) is 4.94. The molecule has 1 fully saturated rings. The summed E-state index contributed by atoms with van der Waals surface area (Å²) in [4.78, 5) is 29.8. The zero-order valence-corrected chi connectivity index (χ0v) is 15.6. The number of carbonyl (C=O) groups excluding carboxylic acids is 2. The molecule has 2 aromatic rings. The number of carbonyl (C=O) groups is 2. The molecule has 0 bridgehead atoms. The SMILES string of the molecule is CC[NH+](Cc1ccccc1)CN1C(=O)[C@@H](C)N(c2ccc(C)cc2)C1=O. The molecule has 1 aliphatic heterocycles. The molecule has 5 nitrogen and oxygen atoms in total. The number of urea groups is 1. The normalized spacial score (nSPS) is 18.5. The van der Waals surface area contributed by atoms with Gasteiger partial charge in [0.05, 0.1) is 6.54 Å². The lowest BCUT2D eigenvalue weighted by atomic mass is 10.2. The number of anilines is 1. The van der Waals surface area contributed by atoms with Crippen LogP contribution in [0.5, 0.6) is 0 Å². The van der Waals surface area contributed by atoms with Gasteiger partial charge in [-0.1, -0.05) is 48.0 Å². The molecular weight excluding hydrogens is 326 g/mol. The van der Waals surface area contributed by atoms with Crippen LogP contribution in [0.2, 0.25) is 0 Å². The molecule has 0 saturated carbocycles. The van der Waals surface area contributed by atoms with Crippen molar-refractivity contribution in [2.75, 3.05) is 18.1 Å². The van der Waals surface area contributed by atoms with Crippen LogP contribution in [-0.2, 0) is 11.3 Å². The predicted molar refractivity (Wildman–Crippen MR) is 102 cm³/mol. The molecule has 1 heterocycles. The third kappa shape index (κ3) is 3.63. The van der Waals surface area contributed by atoms with E-state index in [9.17, 15) is 9.59 Å². The minimum atomic E-state index is -0.472. The van der Waals surface area contributed by atoms with Gasteiger partial charge >= 0.3 is 6.03 Å². The number of hydrogen-bond acceptors (Lipinski definition) is 2. The van der Waals surface area contributed by atoms with Crippen molar-refractivity contribution in [2.45, 2.75) is 33.4 Å². The number of imide groups is 1. The van der Waals surface area contributed by atoms with Gasteiger partial charge in [-0.3, -0.25) is 9.69 Å². The Labute approximate surface area is 154 Å². The zero-order chi connectivity index (χ0) is 18.7. The summed E-state index contributed by atoms with van der Waals surface area (Å²) < 4.78 is 0. The van der Waals surface area contributed by atoms with E-state index < -0.39 is 6.04 Å². The molecule has 26 heavy (non-hydrogen) atoms. The summed E-state index contributed by atoms with van der Waals surface area (Å²) in [7, 11) is 0. The second kappa shape index (κ2) is 7.70. The van der Waals surface area contributed by atoms with Crippen molar-refractivity contribution < 1.29 is 14.5 Å². The highest BCUT2D eigenvalue weighted by Crippen LogP contribution is 2.25. The Morgan fingerprint density at radius 2 is 1.65 bits per heavy atom. The molecule has 1 aliphatic rings. The monoisotopic (exact) mass is 352 g/mol. The number of nitrogens with zero attached hydrogens (tertiary/aromatic N) is 2. The largest absolute Gasteiger partial charge is 0.336 e. The number of rotatable bonds is 6. The Morgan fingerprint density at radius 3 is 2.27 bits per heavy atom. The molecule has 2 aromatic carbocycles. The number of hydrogen-bond donors (Lipinski definition) is 1. The lowest BCUT2D eigenvalue weighted by Crippen LogP contribution is -3.12. The maximum Gasteiger partial charge on any atom is 0.336 e. The first kappa shape index (κ1) is 18.1. The van der Waals surface area contributed by atoms with E-state index in [0.29, 0.717) is 6.67 Å². The standard InChI is InChI=1S/C21H25N3O2/c1-4-22(14-18-8-6-5-7-9-18)15-23-20(25)17(3)24(21(23)26)19-12-10-16(2)11-13-19/h5-13,17H,4,14-15H2,1-3H3/p+1/t17-/m1/s1. The molecule has 3 amide bonds. The number of benzene rings is 2. The van der Waals surface area contributed by atoms with Crippen LogP contribution >= 0.6 is 0 Å². The summed E-state index contributed by atoms with van der Waals surface area (Å²) in [5.74, 6) is -0.130. The number of amides is 3. The molecule has 0 radical (unpaired) electrons. The second-order valence-corrected chi connectivity index (χ2v) is 6.85. The third-order valence-electron chi connectivity index (χ3n) is 4.94. The minimum Gasteiger partial charge on any atom is -0.314 e. The van der Waals surface area contributed by atoms with E-state index in [-0.39, 0.29) is 11.9 Å². The second-order valence-electron chi connectivity index (χ2n) is 6.85. The van der Waals surface area contributed by atoms with Crippen LogP contribution in [0.25, 0.3) is 0 Å². The molecule has 1 N–H and O–H groups in total. The summed E-state index contributed by atoms with van der Waals surface area (Å²) >= 11 is 0. The van der Waals surface area contributed by atoms with Crippen LogP contribution in [0.3, 0.4) is 0 Å². The van der Waals surface area contributed by atoms with Crippen LogP contribution in [-0.4, -0.2) is 36.1 Å². The Kier molecular flexibility index (Phi) is 5.38. The fraction of sp³-hybridized carbons (Fsp3) is 0.333. The Morgan fingerprint density at radius 1 is 1.00 bits per heavy atom. The fourth-order valence-corrected chi connectivity index (χ4v) is 3.31. The van der Waals surface area contributed by atoms with E-state index in [1.165, 1.54) is 15.4 Å². The van der Waals surface area contributed by atoms with Gasteiger partial charge in [-0.25, -0.2) is 9.69 Å². The lowest BCUT2D eigenvalue weighted by Gasteiger charge is -2.23. The van der Waals surface area contributed by atoms with E-state index in [4.69, 9.17) is 0 Å². The van der Waals surface area contributed by atoms with Crippen molar-refractivity contribution in [1.29, 1.82) is 0 Å². The molecule has 136 valence electrons. The summed E-state index contributed by atoms with van der Waals surface area (Å²) in [6, 6.07) is 17.2. The first-order valence-corrected chi connectivity index (χ1v) is 9.10. The van der Waals surface area contributed by atoms with Crippen LogP contribution < -0.4 is 9.80 Å². The average Bonchev–Trinajstić information content (AvgIpc) is 2.86. The molecule has 0 aliphatic carbocycles. The quantitative estimate of drug-likeness (QED) is 0.810. The molecular formula is C21H26N3O2+. The highest BCUT2D eigenvalue weighted by atomic mass is 16.2. The molecule has 2 atom stereocenters. The van der Waals surface area contributed by atoms with Gasteiger partial charge in [-0.05, 0) is 32.9 Å². The van der Waals surface area contributed by atoms with Gasteiger partial charge in [-0.15, -0.1) is 0 Å². The zero-order valence-electron chi connectivity index (χ0n) is 15.6. The van der Waals surface area contributed by atoms with Gasteiger partial charge in [0, 0.05) is 11.3 Å². The Balaban J connectivity index is 1.76. The smallest absolute Gasteiger partial charge is 0.314 e.